The Morgan fingerprint density at radius 3 is 2.65 bits per heavy atom. The zero-order valence-electron chi connectivity index (χ0n) is 14.0. The van der Waals surface area contributed by atoms with Crippen LogP contribution in [0.5, 0.6) is 5.75 Å². The molecule has 0 bridgehead atoms. The fourth-order valence-electron chi connectivity index (χ4n) is 2.73. The van der Waals surface area contributed by atoms with Crippen molar-refractivity contribution in [3.63, 3.8) is 0 Å². The summed E-state index contributed by atoms with van der Waals surface area (Å²) in [5.41, 5.74) is 2.27. The number of anilines is 1. The molecule has 1 heterocycles. The first-order chi connectivity index (χ1) is 12.3. The number of carbonyl (C=O) groups is 1. The Kier molecular flexibility index (Phi) is 4.88. The zero-order valence-corrected chi connectivity index (χ0v) is 14.0. The number of para-hydroxylation sites is 1. The van der Waals surface area contributed by atoms with Gasteiger partial charge >= 0.3 is 6.18 Å². The molecule has 0 aliphatic rings. The second-order valence-electron chi connectivity index (χ2n) is 5.91. The quantitative estimate of drug-likeness (QED) is 0.725. The molecule has 1 N–H and O–H groups in total. The minimum Gasteiger partial charge on any atom is -0.484 e. The monoisotopic (exact) mass is 362 g/mol. The highest BCUT2D eigenvalue weighted by molar-refractivity contribution is 5.92. The molecule has 0 atom stereocenters. The lowest BCUT2D eigenvalue weighted by atomic mass is 10.2. The van der Waals surface area contributed by atoms with Crippen LogP contribution in [0.4, 0.5) is 18.9 Å². The predicted octanol–water partition coefficient (Wildman–Crippen LogP) is 4.53. The molecule has 136 valence electrons. The number of ether oxygens (including phenoxy) is 1. The highest BCUT2D eigenvalue weighted by Gasteiger charge is 2.28. The first-order valence-electron chi connectivity index (χ1n) is 7.96. The Labute approximate surface area is 148 Å². The van der Waals surface area contributed by atoms with Crippen molar-refractivity contribution < 1.29 is 22.7 Å². The summed E-state index contributed by atoms with van der Waals surface area (Å²) in [6.07, 6.45) is -4.41. The molecule has 0 unspecified atom stereocenters. The number of halogens is 3. The molecule has 7 heteroatoms. The van der Waals surface area contributed by atoms with E-state index in [1.807, 2.05) is 41.8 Å². The molecule has 2 aromatic carbocycles. The topological polar surface area (TPSA) is 43.3 Å². The highest BCUT2D eigenvalue weighted by atomic mass is 19.4. The van der Waals surface area contributed by atoms with Gasteiger partial charge in [-0.15, -0.1) is 0 Å². The van der Waals surface area contributed by atoms with Crippen molar-refractivity contribution in [3.8, 4) is 5.75 Å². The van der Waals surface area contributed by atoms with Crippen molar-refractivity contribution in [2.75, 3.05) is 11.9 Å². The third kappa shape index (κ3) is 4.36. The molecule has 0 spiro atoms. The Morgan fingerprint density at radius 1 is 1.12 bits per heavy atom. The third-order valence-electron chi connectivity index (χ3n) is 3.84. The predicted molar refractivity (Wildman–Crippen MR) is 93.3 cm³/mol. The number of aromatic nitrogens is 1. The fourth-order valence-corrected chi connectivity index (χ4v) is 2.73. The van der Waals surface area contributed by atoms with Crippen molar-refractivity contribution in [3.05, 3.63) is 60.3 Å². The zero-order chi connectivity index (χ0) is 18.7. The van der Waals surface area contributed by atoms with Gasteiger partial charge < -0.3 is 14.6 Å². The van der Waals surface area contributed by atoms with E-state index in [1.165, 1.54) is 18.2 Å². The van der Waals surface area contributed by atoms with Gasteiger partial charge in [0.15, 0.2) is 6.61 Å². The number of nitrogens with one attached hydrogen (secondary N) is 1. The molecule has 1 amide bonds. The number of aryl methyl sites for hydroxylation is 1. The van der Waals surface area contributed by atoms with Gasteiger partial charge in [-0.1, -0.05) is 24.3 Å². The van der Waals surface area contributed by atoms with Crippen molar-refractivity contribution >= 4 is 22.5 Å². The summed E-state index contributed by atoms with van der Waals surface area (Å²) in [4.78, 5) is 12.4. The van der Waals surface area contributed by atoms with E-state index in [-0.39, 0.29) is 18.2 Å². The number of hydrogen-bond acceptors (Lipinski definition) is 2. The van der Waals surface area contributed by atoms with Crippen molar-refractivity contribution in [1.29, 1.82) is 0 Å². The van der Waals surface area contributed by atoms with Crippen LogP contribution in [0.3, 0.4) is 0 Å². The van der Waals surface area contributed by atoms with Gasteiger partial charge in [0.1, 0.15) is 12.3 Å². The van der Waals surface area contributed by atoms with Gasteiger partial charge in [0.25, 0.3) is 0 Å². The normalized spacial score (nSPS) is 11.5. The van der Waals surface area contributed by atoms with E-state index >= 15 is 0 Å². The minimum absolute atomic E-state index is 0.0442. The number of nitrogens with zero attached hydrogens (tertiary/aromatic N) is 1. The smallest absolute Gasteiger partial charge is 0.422 e. The lowest BCUT2D eigenvalue weighted by molar-refractivity contribution is -0.153. The number of amides is 1. The standard InChI is InChI=1S/C19H17F3N2O2/c1-13-9-14-5-2-3-8-17(14)24(13)11-18(25)23-15-6-4-7-16(10-15)26-12-19(20,21)22/h2-10H,11-12H2,1H3,(H,23,25). The molecule has 0 aliphatic carbocycles. The summed E-state index contributed by atoms with van der Waals surface area (Å²) in [7, 11) is 0. The molecular weight excluding hydrogens is 345 g/mol. The van der Waals surface area contributed by atoms with Gasteiger partial charge in [-0.25, -0.2) is 0 Å². The van der Waals surface area contributed by atoms with Gasteiger partial charge in [-0.3, -0.25) is 4.79 Å². The molecule has 26 heavy (non-hydrogen) atoms. The molecule has 0 aliphatic heterocycles. The van der Waals surface area contributed by atoms with Crippen LogP contribution in [-0.4, -0.2) is 23.3 Å². The Morgan fingerprint density at radius 2 is 1.88 bits per heavy atom. The SMILES string of the molecule is Cc1cc2ccccc2n1CC(=O)Nc1cccc(OCC(F)(F)F)c1. The third-order valence-corrected chi connectivity index (χ3v) is 3.84. The van der Waals surface area contributed by atoms with E-state index in [0.717, 1.165) is 16.6 Å². The van der Waals surface area contributed by atoms with Crippen molar-refractivity contribution in [2.45, 2.75) is 19.6 Å². The summed E-state index contributed by atoms with van der Waals surface area (Å²) in [6.45, 7) is 0.644. The second-order valence-corrected chi connectivity index (χ2v) is 5.91. The van der Waals surface area contributed by atoms with Crippen LogP contribution >= 0.6 is 0 Å². The fraction of sp³-hybridized carbons (Fsp3) is 0.211. The molecule has 3 aromatic rings. The molecule has 0 saturated heterocycles. The molecule has 3 rings (SSSR count). The largest absolute Gasteiger partial charge is 0.484 e. The van der Waals surface area contributed by atoms with E-state index in [2.05, 4.69) is 5.32 Å². The molecule has 4 nitrogen and oxygen atoms in total. The van der Waals surface area contributed by atoms with E-state index in [4.69, 9.17) is 4.74 Å². The summed E-state index contributed by atoms with van der Waals surface area (Å²) in [5, 5.41) is 3.73. The highest BCUT2D eigenvalue weighted by Crippen LogP contribution is 2.22. The van der Waals surface area contributed by atoms with Crippen molar-refractivity contribution in [1.82, 2.24) is 4.57 Å². The average Bonchev–Trinajstić information content (AvgIpc) is 2.88. The van der Waals surface area contributed by atoms with E-state index in [0.29, 0.717) is 5.69 Å². The average molecular weight is 362 g/mol. The minimum atomic E-state index is -4.41. The lowest BCUT2D eigenvalue weighted by Crippen LogP contribution is -2.20. The first kappa shape index (κ1) is 17.8. The molecular formula is C19H17F3N2O2. The number of benzene rings is 2. The maximum absolute atomic E-state index is 12.4. The van der Waals surface area contributed by atoms with Gasteiger partial charge in [-0.2, -0.15) is 13.2 Å². The van der Waals surface area contributed by atoms with Crippen LogP contribution in [0, 0.1) is 6.92 Å². The van der Waals surface area contributed by atoms with Crippen LogP contribution < -0.4 is 10.1 Å². The first-order valence-corrected chi connectivity index (χ1v) is 7.96. The second kappa shape index (κ2) is 7.11. The Hall–Kier alpha value is -2.96. The number of alkyl halides is 3. The maximum Gasteiger partial charge on any atom is 0.422 e. The Bertz CT molecular complexity index is 932. The van der Waals surface area contributed by atoms with Crippen LogP contribution in [0.2, 0.25) is 0 Å². The van der Waals surface area contributed by atoms with Gasteiger partial charge in [0.2, 0.25) is 5.91 Å². The summed E-state index contributed by atoms with van der Waals surface area (Å²) in [6, 6.07) is 15.6. The summed E-state index contributed by atoms with van der Waals surface area (Å²) < 4.78 is 43.3. The van der Waals surface area contributed by atoms with Crippen LogP contribution in [0.15, 0.2) is 54.6 Å². The number of fused-ring (bicyclic) bond motifs is 1. The molecule has 0 radical (unpaired) electrons. The summed E-state index contributed by atoms with van der Waals surface area (Å²) in [5.74, 6) is -0.231. The molecule has 1 aromatic heterocycles. The number of carbonyl (C=O) groups excluding carboxylic acids is 1. The van der Waals surface area contributed by atoms with Gasteiger partial charge in [-0.05, 0) is 36.6 Å². The van der Waals surface area contributed by atoms with E-state index in [1.54, 1.807) is 6.07 Å². The van der Waals surface area contributed by atoms with Crippen LogP contribution in [-0.2, 0) is 11.3 Å². The molecule has 0 saturated carbocycles. The van der Waals surface area contributed by atoms with E-state index < -0.39 is 12.8 Å². The Balaban J connectivity index is 1.69. The van der Waals surface area contributed by atoms with Crippen LogP contribution in [0.25, 0.3) is 10.9 Å². The van der Waals surface area contributed by atoms with Gasteiger partial charge in [0, 0.05) is 23.0 Å². The maximum atomic E-state index is 12.4. The lowest BCUT2D eigenvalue weighted by Gasteiger charge is -2.12. The molecule has 0 fully saturated rings. The number of rotatable bonds is 5. The van der Waals surface area contributed by atoms with Crippen molar-refractivity contribution in [2.24, 2.45) is 0 Å². The van der Waals surface area contributed by atoms with Gasteiger partial charge in [0.05, 0.1) is 0 Å². The number of hydrogen-bond donors (Lipinski definition) is 1. The van der Waals surface area contributed by atoms with Crippen LogP contribution in [0.1, 0.15) is 5.69 Å². The summed E-state index contributed by atoms with van der Waals surface area (Å²) >= 11 is 0. The van der Waals surface area contributed by atoms with E-state index in [9.17, 15) is 18.0 Å².